The monoisotopic (exact) mass is 177 g/mol. The molecule has 2 heteroatoms. The van der Waals surface area contributed by atoms with Gasteiger partial charge >= 0.3 is 5.97 Å². The second-order valence-electron chi connectivity index (χ2n) is 3.34. The fraction of sp³-hybridized carbons (Fsp3) is 0.364. The van der Waals surface area contributed by atoms with Crippen LogP contribution < -0.4 is 0 Å². The smallest absolute Gasteiger partial charge is 0.247 e. The van der Waals surface area contributed by atoms with Gasteiger partial charge in [-0.3, -0.25) is 0 Å². The van der Waals surface area contributed by atoms with Gasteiger partial charge in [-0.15, -0.1) is 0 Å². The quantitative estimate of drug-likeness (QED) is 0.681. The van der Waals surface area contributed by atoms with E-state index in [0.717, 1.165) is 11.1 Å². The van der Waals surface area contributed by atoms with Crippen LogP contribution in [-0.2, 0) is 16.3 Å². The van der Waals surface area contributed by atoms with E-state index in [4.69, 9.17) is 0 Å². The van der Waals surface area contributed by atoms with Crippen LogP contribution in [0, 0.1) is 20.8 Å². The molecule has 0 bridgehead atoms. The lowest BCUT2D eigenvalue weighted by Crippen LogP contribution is -2.02. The minimum atomic E-state index is -1.02. The van der Waals surface area contributed by atoms with E-state index in [9.17, 15) is 9.90 Å². The maximum absolute atomic E-state index is 10.4. The van der Waals surface area contributed by atoms with Crippen molar-refractivity contribution in [2.45, 2.75) is 27.2 Å². The Hall–Kier alpha value is -1.31. The predicted molar refractivity (Wildman–Crippen MR) is 50.1 cm³/mol. The van der Waals surface area contributed by atoms with E-state index in [1.54, 1.807) is 0 Å². The van der Waals surface area contributed by atoms with Crippen LogP contribution in [0.4, 0.5) is 0 Å². The van der Waals surface area contributed by atoms with Crippen molar-refractivity contribution in [3.05, 3.63) is 34.4 Å². The fourth-order valence-electron chi connectivity index (χ4n) is 1.36. The van der Waals surface area contributed by atoms with E-state index in [0.29, 0.717) is 0 Å². The molecule has 1 aromatic carbocycles. The molecule has 1 rings (SSSR count). The van der Waals surface area contributed by atoms with Crippen LogP contribution in [0.15, 0.2) is 12.1 Å². The van der Waals surface area contributed by atoms with Gasteiger partial charge in [0.05, 0.1) is 6.42 Å². The first-order valence-corrected chi connectivity index (χ1v) is 4.28. The Morgan fingerprint density at radius 3 is 2.31 bits per heavy atom. The van der Waals surface area contributed by atoms with E-state index >= 15 is 0 Å². The van der Waals surface area contributed by atoms with Gasteiger partial charge in [-0.2, -0.15) is 0 Å². The first-order valence-electron chi connectivity index (χ1n) is 4.28. The summed E-state index contributed by atoms with van der Waals surface area (Å²) in [5, 5.41) is 10.4. The van der Waals surface area contributed by atoms with Gasteiger partial charge in [0, 0.05) is 0 Å². The zero-order chi connectivity index (χ0) is 10.0. The third kappa shape index (κ3) is 2.08. The van der Waals surface area contributed by atoms with Gasteiger partial charge in [-0.1, -0.05) is 12.1 Å². The Morgan fingerprint density at radius 2 is 1.77 bits per heavy atom. The molecule has 0 saturated carbocycles. The standard InChI is InChI=1S/C11H13O2/c1-7-4-5-10(6-11(12)13)9(3)8(7)2/h4-5H,6H2,1-3H3. The maximum atomic E-state index is 10.4. The largest absolute Gasteiger partial charge is 0.359 e. The van der Waals surface area contributed by atoms with Gasteiger partial charge < -0.3 is 0 Å². The lowest BCUT2D eigenvalue weighted by atomic mass is 9.97. The van der Waals surface area contributed by atoms with Crippen LogP contribution in [-0.4, -0.2) is 5.97 Å². The maximum Gasteiger partial charge on any atom is 0.359 e. The molecule has 0 aliphatic carbocycles. The lowest BCUT2D eigenvalue weighted by molar-refractivity contribution is -0.142. The molecule has 0 heterocycles. The van der Waals surface area contributed by atoms with Crippen molar-refractivity contribution in [2.24, 2.45) is 0 Å². The molecule has 0 fully saturated rings. The molecule has 13 heavy (non-hydrogen) atoms. The van der Waals surface area contributed by atoms with Crippen molar-refractivity contribution in [3.8, 4) is 0 Å². The average Bonchev–Trinajstić information content (AvgIpc) is 2.06. The highest BCUT2D eigenvalue weighted by Crippen LogP contribution is 2.17. The van der Waals surface area contributed by atoms with Gasteiger partial charge in [0.1, 0.15) is 0 Å². The van der Waals surface area contributed by atoms with Crippen molar-refractivity contribution >= 4 is 5.97 Å². The summed E-state index contributed by atoms with van der Waals surface area (Å²) in [5.74, 6) is -1.02. The molecule has 0 aromatic heterocycles. The third-order valence-electron chi connectivity index (χ3n) is 2.50. The highest BCUT2D eigenvalue weighted by Gasteiger charge is 2.07. The number of carbonyl (C=O) groups is 1. The van der Waals surface area contributed by atoms with Crippen LogP contribution >= 0.6 is 0 Å². The molecule has 0 atom stereocenters. The molecular formula is C11H13O2. The predicted octanol–water partition coefficient (Wildman–Crippen LogP) is 2.11. The molecule has 0 unspecified atom stereocenters. The Labute approximate surface area is 78.2 Å². The van der Waals surface area contributed by atoms with E-state index in [1.165, 1.54) is 11.1 Å². The first-order chi connectivity index (χ1) is 6.02. The number of carbonyl (C=O) groups excluding carboxylic acids is 1. The lowest BCUT2D eigenvalue weighted by Gasteiger charge is -2.08. The molecular weight excluding hydrogens is 164 g/mol. The molecule has 1 aromatic rings. The van der Waals surface area contributed by atoms with E-state index in [2.05, 4.69) is 0 Å². The Morgan fingerprint density at radius 1 is 1.15 bits per heavy atom. The second-order valence-corrected chi connectivity index (χ2v) is 3.34. The Balaban J connectivity index is 3.10. The number of benzene rings is 1. The molecule has 69 valence electrons. The zero-order valence-electron chi connectivity index (χ0n) is 8.18. The summed E-state index contributed by atoms with van der Waals surface area (Å²) in [5.41, 5.74) is 4.27. The number of aryl methyl sites for hydroxylation is 1. The van der Waals surface area contributed by atoms with Crippen LogP contribution in [0.25, 0.3) is 0 Å². The van der Waals surface area contributed by atoms with Crippen molar-refractivity contribution < 1.29 is 9.90 Å². The average molecular weight is 177 g/mol. The summed E-state index contributed by atoms with van der Waals surface area (Å²) < 4.78 is 0. The molecule has 0 aliphatic heterocycles. The summed E-state index contributed by atoms with van der Waals surface area (Å²) in [4.78, 5) is 10.4. The Kier molecular flexibility index (Phi) is 2.71. The van der Waals surface area contributed by atoms with Gasteiger partial charge in [0.25, 0.3) is 0 Å². The molecule has 1 radical (unpaired) electrons. The summed E-state index contributed by atoms with van der Waals surface area (Å²) in [7, 11) is 0. The SMILES string of the molecule is Cc1ccc(CC([O])=O)c(C)c1C. The van der Waals surface area contributed by atoms with Crippen LogP contribution in [0.3, 0.4) is 0 Å². The molecule has 0 N–H and O–H groups in total. The van der Waals surface area contributed by atoms with Crippen molar-refractivity contribution in [1.82, 2.24) is 0 Å². The van der Waals surface area contributed by atoms with Gasteiger partial charge in [-0.05, 0) is 43.0 Å². The minimum absolute atomic E-state index is 0.00690. The molecule has 0 amide bonds. The zero-order valence-corrected chi connectivity index (χ0v) is 8.18. The number of hydrogen-bond acceptors (Lipinski definition) is 1. The number of hydrogen-bond donors (Lipinski definition) is 0. The topological polar surface area (TPSA) is 37.0 Å². The number of rotatable bonds is 2. The van der Waals surface area contributed by atoms with Gasteiger partial charge in [0.15, 0.2) is 0 Å². The summed E-state index contributed by atoms with van der Waals surface area (Å²) in [6.07, 6.45) is 0.00690. The van der Waals surface area contributed by atoms with E-state index < -0.39 is 5.97 Å². The third-order valence-corrected chi connectivity index (χ3v) is 2.50. The Bertz CT molecular complexity index is 340. The summed E-state index contributed by atoms with van der Waals surface area (Å²) in [6.45, 7) is 5.97. The normalized spacial score (nSPS) is 10.1. The van der Waals surface area contributed by atoms with E-state index in [-0.39, 0.29) is 6.42 Å². The van der Waals surface area contributed by atoms with Crippen LogP contribution in [0.2, 0.25) is 0 Å². The highest BCUT2D eigenvalue weighted by atomic mass is 16.4. The minimum Gasteiger partial charge on any atom is -0.247 e. The molecule has 2 nitrogen and oxygen atoms in total. The van der Waals surface area contributed by atoms with E-state index in [1.807, 2.05) is 32.9 Å². The molecule has 0 aliphatic rings. The van der Waals surface area contributed by atoms with Crippen molar-refractivity contribution in [3.63, 3.8) is 0 Å². The molecule has 0 saturated heterocycles. The molecule has 0 spiro atoms. The summed E-state index contributed by atoms with van der Waals surface area (Å²) >= 11 is 0. The van der Waals surface area contributed by atoms with Crippen molar-refractivity contribution in [1.29, 1.82) is 0 Å². The van der Waals surface area contributed by atoms with Crippen LogP contribution in [0.5, 0.6) is 0 Å². The van der Waals surface area contributed by atoms with Crippen LogP contribution in [0.1, 0.15) is 22.3 Å². The van der Waals surface area contributed by atoms with Gasteiger partial charge in [-0.25, -0.2) is 9.90 Å². The summed E-state index contributed by atoms with van der Waals surface area (Å²) in [6, 6.07) is 3.80. The second kappa shape index (κ2) is 3.60. The van der Waals surface area contributed by atoms with Crippen molar-refractivity contribution in [2.75, 3.05) is 0 Å². The van der Waals surface area contributed by atoms with Gasteiger partial charge in [0.2, 0.25) is 0 Å². The first kappa shape index (κ1) is 9.78. The fourth-order valence-corrected chi connectivity index (χ4v) is 1.36. The highest BCUT2D eigenvalue weighted by molar-refractivity contribution is 5.70.